The third kappa shape index (κ3) is 7.33. The number of nitrogens with zero attached hydrogens (tertiary/aromatic N) is 3. The van der Waals surface area contributed by atoms with Crippen LogP contribution in [0.3, 0.4) is 0 Å². The van der Waals surface area contributed by atoms with Crippen molar-refractivity contribution in [1.29, 1.82) is 0 Å². The van der Waals surface area contributed by atoms with Crippen molar-refractivity contribution in [3.05, 3.63) is 47.8 Å². The summed E-state index contributed by atoms with van der Waals surface area (Å²) < 4.78 is 7.26. The van der Waals surface area contributed by atoms with Gasteiger partial charge in [0.1, 0.15) is 0 Å². The first-order valence-electron chi connectivity index (χ1n) is 8.87. The molecule has 0 radical (unpaired) electrons. The summed E-state index contributed by atoms with van der Waals surface area (Å²) in [6.45, 7) is 7.12. The van der Waals surface area contributed by atoms with Crippen LogP contribution in [0.4, 0.5) is 0 Å². The van der Waals surface area contributed by atoms with E-state index >= 15 is 0 Å². The number of aromatic nitrogens is 2. The van der Waals surface area contributed by atoms with Gasteiger partial charge in [-0.1, -0.05) is 18.2 Å². The van der Waals surface area contributed by atoms with Crippen LogP contribution >= 0.6 is 24.0 Å². The number of guanidine groups is 1. The molecule has 1 heterocycles. The first-order valence-corrected chi connectivity index (χ1v) is 8.87. The first-order chi connectivity index (χ1) is 12.2. The van der Waals surface area contributed by atoms with E-state index in [1.54, 1.807) is 7.05 Å². The molecule has 1 aromatic carbocycles. The summed E-state index contributed by atoms with van der Waals surface area (Å²) >= 11 is 0. The summed E-state index contributed by atoms with van der Waals surface area (Å²) in [6, 6.07) is 10.2. The number of rotatable bonds is 9. The Hall–Kier alpha value is -1.61. The van der Waals surface area contributed by atoms with E-state index in [1.807, 2.05) is 29.8 Å². The predicted octanol–water partition coefficient (Wildman–Crippen LogP) is 2.93. The van der Waals surface area contributed by atoms with Crippen LogP contribution in [0.2, 0.25) is 0 Å². The molecule has 0 atom stereocenters. The lowest BCUT2D eigenvalue weighted by Gasteiger charge is -2.11. The fourth-order valence-corrected chi connectivity index (χ4v) is 2.55. The molecule has 0 saturated heterocycles. The van der Waals surface area contributed by atoms with Crippen molar-refractivity contribution in [1.82, 2.24) is 20.4 Å². The third-order valence-corrected chi connectivity index (χ3v) is 3.90. The van der Waals surface area contributed by atoms with Crippen LogP contribution < -0.4 is 10.6 Å². The summed E-state index contributed by atoms with van der Waals surface area (Å²) in [4.78, 5) is 4.21. The standard InChI is InChI=1S/C19H29N5O.HI/c1-4-25-14-13-22-19(20-3)21-12-8-9-17-15-24(23-16(17)2)18-10-6-5-7-11-18;/h5-7,10-11,15H,4,8-9,12-14H2,1-3H3,(H2,20,21,22);1H. The van der Waals surface area contributed by atoms with Gasteiger partial charge in [-0.05, 0) is 44.4 Å². The van der Waals surface area contributed by atoms with Crippen molar-refractivity contribution in [2.45, 2.75) is 26.7 Å². The van der Waals surface area contributed by atoms with Crippen LogP contribution in [0.1, 0.15) is 24.6 Å². The van der Waals surface area contributed by atoms with E-state index < -0.39 is 0 Å². The maximum absolute atomic E-state index is 5.31. The van der Waals surface area contributed by atoms with Crippen LogP contribution in [-0.2, 0) is 11.2 Å². The van der Waals surface area contributed by atoms with E-state index in [-0.39, 0.29) is 24.0 Å². The van der Waals surface area contributed by atoms with Gasteiger partial charge in [-0.2, -0.15) is 5.10 Å². The Kier molecular flexibility index (Phi) is 11.0. The van der Waals surface area contributed by atoms with Crippen molar-refractivity contribution in [2.24, 2.45) is 4.99 Å². The largest absolute Gasteiger partial charge is 0.380 e. The molecule has 0 amide bonds. The number of nitrogens with one attached hydrogen (secondary N) is 2. The normalized spacial score (nSPS) is 11.1. The van der Waals surface area contributed by atoms with Gasteiger partial charge >= 0.3 is 0 Å². The van der Waals surface area contributed by atoms with Gasteiger partial charge in [-0.15, -0.1) is 24.0 Å². The molecule has 0 fully saturated rings. The van der Waals surface area contributed by atoms with Gasteiger partial charge in [0.2, 0.25) is 0 Å². The average Bonchev–Trinajstić information content (AvgIpc) is 3.02. The maximum Gasteiger partial charge on any atom is 0.191 e. The molecule has 2 N–H and O–H groups in total. The Morgan fingerprint density at radius 3 is 2.62 bits per heavy atom. The summed E-state index contributed by atoms with van der Waals surface area (Å²) in [5.74, 6) is 0.816. The Labute approximate surface area is 173 Å². The zero-order valence-corrected chi connectivity index (χ0v) is 18.2. The second-order valence-electron chi connectivity index (χ2n) is 5.75. The molecule has 0 saturated carbocycles. The molecular weight excluding hydrogens is 441 g/mol. The first kappa shape index (κ1) is 22.4. The van der Waals surface area contributed by atoms with E-state index in [2.05, 4.69) is 46.0 Å². The summed E-state index contributed by atoms with van der Waals surface area (Å²) in [5, 5.41) is 11.2. The zero-order valence-electron chi connectivity index (χ0n) is 15.9. The summed E-state index contributed by atoms with van der Waals surface area (Å²) in [5.41, 5.74) is 3.46. The zero-order chi connectivity index (χ0) is 17.9. The minimum atomic E-state index is 0. The molecule has 0 aliphatic rings. The van der Waals surface area contributed by atoms with Gasteiger partial charge in [0.25, 0.3) is 0 Å². The number of benzene rings is 1. The van der Waals surface area contributed by atoms with E-state index in [1.165, 1.54) is 5.56 Å². The van der Waals surface area contributed by atoms with Gasteiger partial charge in [-0.3, -0.25) is 4.99 Å². The van der Waals surface area contributed by atoms with Crippen LogP contribution in [-0.4, -0.2) is 49.1 Å². The number of aryl methyl sites for hydroxylation is 2. The SMILES string of the molecule is CCOCCNC(=NC)NCCCc1cn(-c2ccccc2)nc1C.I. The molecule has 2 rings (SSSR count). The van der Waals surface area contributed by atoms with E-state index in [0.717, 1.165) is 49.9 Å². The second kappa shape index (κ2) is 12.7. The Bertz CT molecular complexity index is 657. The number of halogens is 1. The Morgan fingerprint density at radius 1 is 1.19 bits per heavy atom. The van der Waals surface area contributed by atoms with Crippen molar-refractivity contribution in [3.8, 4) is 5.69 Å². The van der Waals surface area contributed by atoms with Crippen molar-refractivity contribution in [3.63, 3.8) is 0 Å². The monoisotopic (exact) mass is 471 g/mol. The second-order valence-corrected chi connectivity index (χ2v) is 5.75. The quantitative estimate of drug-likeness (QED) is 0.256. The minimum Gasteiger partial charge on any atom is -0.380 e. The van der Waals surface area contributed by atoms with Crippen LogP contribution in [0.5, 0.6) is 0 Å². The highest BCUT2D eigenvalue weighted by molar-refractivity contribution is 14.0. The topological polar surface area (TPSA) is 63.5 Å². The molecule has 26 heavy (non-hydrogen) atoms. The lowest BCUT2D eigenvalue weighted by Crippen LogP contribution is -2.39. The molecule has 6 nitrogen and oxygen atoms in total. The number of aliphatic imine (C=N–C) groups is 1. The highest BCUT2D eigenvalue weighted by Crippen LogP contribution is 2.13. The Balaban J connectivity index is 0.00000338. The van der Waals surface area contributed by atoms with Crippen molar-refractivity contribution >= 4 is 29.9 Å². The van der Waals surface area contributed by atoms with Gasteiger partial charge in [-0.25, -0.2) is 4.68 Å². The maximum atomic E-state index is 5.31. The van der Waals surface area contributed by atoms with Crippen LogP contribution in [0.15, 0.2) is 41.5 Å². The lowest BCUT2D eigenvalue weighted by atomic mass is 10.1. The molecule has 0 spiro atoms. The molecule has 7 heteroatoms. The highest BCUT2D eigenvalue weighted by Gasteiger charge is 2.06. The van der Waals surface area contributed by atoms with Crippen molar-refractivity contribution in [2.75, 3.05) is 33.4 Å². The summed E-state index contributed by atoms with van der Waals surface area (Å²) in [6.07, 6.45) is 4.13. The number of para-hydroxylation sites is 1. The number of hydrogen-bond acceptors (Lipinski definition) is 3. The predicted molar refractivity (Wildman–Crippen MR) is 118 cm³/mol. The fraction of sp³-hybridized carbons (Fsp3) is 0.474. The molecule has 2 aromatic rings. The molecule has 0 bridgehead atoms. The molecule has 144 valence electrons. The summed E-state index contributed by atoms with van der Waals surface area (Å²) in [7, 11) is 1.78. The molecular formula is C19H30IN5O. The van der Waals surface area contributed by atoms with Crippen molar-refractivity contribution < 1.29 is 4.74 Å². The van der Waals surface area contributed by atoms with E-state index in [0.29, 0.717) is 6.61 Å². The Morgan fingerprint density at radius 2 is 1.92 bits per heavy atom. The van der Waals surface area contributed by atoms with E-state index in [4.69, 9.17) is 4.74 Å². The number of hydrogen-bond donors (Lipinski definition) is 2. The molecule has 0 aliphatic heterocycles. The van der Waals surface area contributed by atoms with Gasteiger partial charge in [0, 0.05) is 32.9 Å². The minimum absolute atomic E-state index is 0. The molecule has 0 unspecified atom stereocenters. The number of ether oxygens (including phenoxy) is 1. The van der Waals surface area contributed by atoms with Gasteiger partial charge in [0.05, 0.1) is 18.0 Å². The van der Waals surface area contributed by atoms with Gasteiger partial charge < -0.3 is 15.4 Å². The molecule has 0 aliphatic carbocycles. The lowest BCUT2D eigenvalue weighted by molar-refractivity contribution is 0.152. The van der Waals surface area contributed by atoms with Crippen LogP contribution in [0.25, 0.3) is 5.69 Å². The van der Waals surface area contributed by atoms with Gasteiger partial charge in [0.15, 0.2) is 5.96 Å². The smallest absolute Gasteiger partial charge is 0.191 e. The fourth-order valence-electron chi connectivity index (χ4n) is 2.55. The van der Waals surface area contributed by atoms with Crippen LogP contribution in [0, 0.1) is 6.92 Å². The highest BCUT2D eigenvalue weighted by atomic mass is 127. The van der Waals surface area contributed by atoms with E-state index in [9.17, 15) is 0 Å². The average molecular weight is 471 g/mol. The molecule has 1 aromatic heterocycles. The third-order valence-electron chi connectivity index (χ3n) is 3.90.